The number of hydrogen-bond donors (Lipinski definition) is 0. The number of carbonyl (C=O) groups excluding carboxylic acids is 2. The molecule has 0 spiro atoms. The lowest BCUT2D eigenvalue weighted by molar-refractivity contribution is -0.150. The minimum atomic E-state index is -0.423. The van der Waals surface area contributed by atoms with Crippen molar-refractivity contribution in [1.29, 1.82) is 0 Å². The number of thioether (sulfide) groups is 1. The van der Waals surface area contributed by atoms with Gasteiger partial charge in [-0.2, -0.15) is 0 Å². The van der Waals surface area contributed by atoms with Crippen molar-refractivity contribution in [3.05, 3.63) is 60.2 Å². The molecule has 0 aliphatic heterocycles. The van der Waals surface area contributed by atoms with E-state index in [1.807, 2.05) is 61.5 Å². The lowest BCUT2D eigenvalue weighted by atomic mass is 10.1. The van der Waals surface area contributed by atoms with Gasteiger partial charge in [0.2, 0.25) is 0 Å². The minimum absolute atomic E-state index is 0.0884. The molecule has 27 heavy (non-hydrogen) atoms. The van der Waals surface area contributed by atoms with Crippen LogP contribution in [0.4, 0.5) is 0 Å². The fourth-order valence-corrected chi connectivity index (χ4v) is 4.36. The highest BCUT2D eigenvalue weighted by Crippen LogP contribution is 2.29. The number of amides is 1. The van der Waals surface area contributed by atoms with Crippen molar-refractivity contribution in [2.75, 3.05) is 19.4 Å². The second-order valence-electron chi connectivity index (χ2n) is 5.99. The third kappa shape index (κ3) is 5.08. The Hall–Kier alpha value is -2.38. The maximum Gasteiger partial charge on any atom is 0.316 e. The van der Waals surface area contributed by atoms with Gasteiger partial charge in [0.15, 0.2) is 10.9 Å². The molecule has 0 aliphatic carbocycles. The second kappa shape index (κ2) is 9.01. The van der Waals surface area contributed by atoms with Crippen LogP contribution in [-0.2, 0) is 14.3 Å². The number of hydrogen-bond acceptors (Lipinski definition) is 6. The van der Waals surface area contributed by atoms with Crippen molar-refractivity contribution in [1.82, 2.24) is 9.88 Å². The first-order valence-electron chi connectivity index (χ1n) is 8.49. The van der Waals surface area contributed by atoms with E-state index < -0.39 is 5.97 Å². The molecular formula is C20H20N2O3S2. The quantitative estimate of drug-likeness (QED) is 0.440. The molecule has 1 atom stereocenters. The molecule has 3 rings (SSSR count). The van der Waals surface area contributed by atoms with E-state index in [0.717, 1.165) is 20.1 Å². The lowest BCUT2D eigenvalue weighted by Gasteiger charge is -2.25. The van der Waals surface area contributed by atoms with Crippen molar-refractivity contribution in [3.8, 4) is 0 Å². The molecule has 0 aliphatic rings. The van der Waals surface area contributed by atoms with E-state index in [4.69, 9.17) is 4.74 Å². The lowest BCUT2D eigenvalue weighted by Crippen LogP contribution is -2.33. The molecule has 0 saturated carbocycles. The molecular weight excluding hydrogens is 380 g/mol. The zero-order chi connectivity index (χ0) is 19.2. The Kier molecular flexibility index (Phi) is 6.47. The van der Waals surface area contributed by atoms with E-state index in [1.165, 1.54) is 23.1 Å². The van der Waals surface area contributed by atoms with Crippen LogP contribution in [-0.4, -0.2) is 41.2 Å². The monoisotopic (exact) mass is 400 g/mol. The molecule has 1 unspecified atom stereocenters. The summed E-state index contributed by atoms with van der Waals surface area (Å²) < 4.78 is 7.03. The highest BCUT2D eigenvalue weighted by Gasteiger charge is 2.19. The van der Waals surface area contributed by atoms with Gasteiger partial charge in [-0.3, -0.25) is 9.59 Å². The Morgan fingerprint density at radius 2 is 1.85 bits per heavy atom. The number of esters is 1. The number of benzene rings is 2. The van der Waals surface area contributed by atoms with E-state index in [9.17, 15) is 9.59 Å². The van der Waals surface area contributed by atoms with Gasteiger partial charge in [-0.15, -0.1) is 11.3 Å². The van der Waals surface area contributed by atoms with Crippen LogP contribution in [0.3, 0.4) is 0 Å². The molecule has 2 aromatic carbocycles. The Morgan fingerprint density at radius 1 is 1.15 bits per heavy atom. The second-order valence-corrected chi connectivity index (χ2v) is 8.24. The summed E-state index contributed by atoms with van der Waals surface area (Å²) in [6.45, 7) is 1.69. The molecule has 140 valence electrons. The van der Waals surface area contributed by atoms with Crippen LogP contribution in [0.25, 0.3) is 10.2 Å². The Morgan fingerprint density at radius 3 is 2.59 bits per heavy atom. The molecule has 0 N–H and O–H groups in total. The van der Waals surface area contributed by atoms with Gasteiger partial charge in [-0.05, 0) is 24.6 Å². The molecule has 0 bridgehead atoms. The van der Waals surface area contributed by atoms with Gasteiger partial charge in [-0.1, -0.05) is 54.2 Å². The number of carbonyl (C=O) groups is 2. The number of thiazole rings is 1. The molecule has 5 nitrogen and oxygen atoms in total. The van der Waals surface area contributed by atoms with Crippen LogP contribution >= 0.6 is 23.1 Å². The summed E-state index contributed by atoms with van der Waals surface area (Å²) in [6, 6.07) is 17.5. The van der Waals surface area contributed by atoms with Crippen molar-refractivity contribution in [3.63, 3.8) is 0 Å². The normalized spacial score (nSPS) is 11.9. The van der Waals surface area contributed by atoms with Crippen molar-refractivity contribution >= 4 is 45.2 Å². The van der Waals surface area contributed by atoms with Crippen molar-refractivity contribution < 1.29 is 14.3 Å². The molecule has 3 aromatic rings. The maximum absolute atomic E-state index is 12.3. The first-order valence-corrected chi connectivity index (χ1v) is 10.3. The van der Waals surface area contributed by atoms with Crippen LogP contribution in [0, 0.1) is 0 Å². The van der Waals surface area contributed by atoms with Gasteiger partial charge >= 0.3 is 5.97 Å². The number of para-hydroxylation sites is 1. The number of fused-ring (bicyclic) bond motifs is 1. The summed E-state index contributed by atoms with van der Waals surface area (Å²) in [5.74, 6) is -0.525. The van der Waals surface area contributed by atoms with Crippen molar-refractivity contribution in [2.24, 2.45) is 0 Å². The third-order valence-corrected chi connectivity index (χ3v) is 6.35. The van der Waals surface area contributed by atoms with E-state index >= 15 is 0 Å². The molecule has 1 aromatic heterocycles. The largest absolute Gasteiger partial charge is 0.455 e. The van der Waals surface area contributed by atoms with Crippen LogP contribution in [0.15, 0.2) is 58.9 Å². The number of likely N-dealkylation sites (N-methyl/N-ethyl adjacent to an activating group) is 1. The smallest absolute Gasteiger partial charge is 0.316 e. The molecule has 0 radical (unpaired) electrons. The van der Waals surface area contributed by atoms with Gasteiger partial charge in [0.25, 0.3) is 5.91 Å². The maximum atomic E-state index is 12.3. The fourth-order valence-electron chi connectivity index (χ4n) is 2.49. The highest BCUT2D eigenvalue weighted by atomic mass is 32.2. The number of ether oxygens (including phenoxy) is 1. The van der Waals surface area contributed by atoms with Crippen LogP contribution in [0.1, 0.15) is 18.5 Å². The van der Waals surface area contributed by atoms with Crippen molar-refractivity contribution in [2.45, 2.75) is 17.3 Å². The van der Waals surface area contributed by atoms with E-state index in [2.05, 4.69) is 4.98 Å². The number of rotatable bonds is 7. The summed E-state index contributed by atoms with van der Waals surface area (Å²) in [7, 11) is 1.71. The van der Waals surface area contributed by atoms with Gasteiger partial charge in [0.05, 0.1) is 22.0 Å². The van der Waals surface area contributed by atoms with Crippen LogP contribution < -0.4 is 0 Å². The first kappa shape index (κ1) is 19.4. The zero-order valence-corrected chi connectivity index (χ0v) is 16.8. The molecule has 1 heterocycles. The van der Waals surface area contributed by atoms with Gasteiger partial charge in [0, 0.05) is 7.05 Å². The summed E-state index contributed by atoms with van der Waals surface area (Å²) in [5, 5.41) is 0. The topological polar surface area (TPSA) is 59.5 Å². The Labute approximate surface area is 166 Å². The molecule has 1 amide bonds. The predicted octanol–water partition coefficient (Wildman–Crippen LogP) is 4.15. The summed E-state index contributed by atoms with van der Waals surface area (Å²) >= 11 is 2.86. The first-order chi connectivity index (χ1) is 13.0. The SMILES string of the molecule is CC(c1ccccc1)N(C)C(=O)COC(=O)CSc1nc2ccccc2s1. The standard InChI is InChI=1S/C20H20N2O3S2/c1-14(15-8-4-3-5-9-15)22(2)18(23)12-25-19(24)13-26-20-21-16-10-6-7-11-17(16)27-20/h3-11,14H,12-13H2,1-2H3. The van der Waals surface area contributed by atoms with E-state index in [0.29, 0.717) is 0 Å². The highest BCUT2D eigenvalue weighted by molar-refractivity contribution is 8.01. The molecule has 0 saturated heterocycles. The number of nitrogens with zero attached hydrogens (tertiary/aromatic N) is 2. The van der Waals surface area contributed by atoms with Crippen LogP contribution in [0.2, 0.25) is 0 Å². The summed E-state index contributed by atoms with van der Waals surface area (Å²) in [5.41, 5.74) is 1.95. The van der Waals surface area contributed by atoms with Gasteiger partial charge < -0.3 is 9.64 Å². The van der Waals surface area contributed by atoms with E-state index in [-0.39, 0.29) is 24.3 Å². The third-order valence-electron chi connectivity index (χ3n) is 4.20. The number of aromatic nitrogens is 1. The van der Waals surface area contributed by atoms with Crippen LogP contribution in [0.5, 0.6) is 0 Å². The minimum Gasteiger partial charge on any atom is -0.455 e. The van der Waals surface area contributed by atoms with Gasteiger partial charge in [0.1, 0.15) is 0 Å². The fraction of sp³-hybridized carbons (Fsp3) is 0.250. The van der Waals surface area contributed by atoms with E-state index in [1.54, 1.807) is 11.9 Å². The summed E-state index contributed by atoms with van der Waals surface area (Å²) in [6.07, 6.45) is 0. The average Bonchev–Trinajstić information content (AvgIpc) is 3.13. The predicted molar refractivity (Wildman–Crippen MR) is 109 cm³/mol. The molecule has 0 fully saturated rings. The Balaban J connectivity index is 1.46. The van der Waals surface area contributed by atoms with Gasteiger partial charge in [-0.25, -0.2) is 4.98 Å². The Bertz CT molecular complexity index is 894. The average molecular weight is 401 g/mol. The summed E-state index contributed by atoms with van der Waals surface area (Å²) in [4.78, 5) is 30.3. The molecule has 7 heteroatoms. The zero-order valence-electron chi connectivity index (χ0n) is 15.1.